The molecule has 0 aromatic heterocycles. The van der Waals surface area contributed by atoms with Crippen LogP contribution >= 0.6 is 11.6 Å². The molecule has 2 atom stereocenters. The maximum Gasteiger partial charge on any atom is 0.243 e. The molecule has 1 aromatic rings. The Morgan fingerprint density at radius 3 is 2.35 bits per heavy atom. The Hall–Kier alpha value is -0.910. The van der Waals surface area contributed by atoms with E-state index in [-0.39, 0.29) is 34.5 Å². The number of piperazine rings is 1. The standard InChI is InChI=1S/C15H21ClN2O6S2/c1-24-15-3-2-11(8-12(15)16)26(22,23)18-6-4-17(5-7-18)13-9-25(20,21)10-14(13)19/h2-3,8,13-14,19H,4-7,9-10H2,1H3/t13-,14+/m1/s1. The molecule has 0 aliphatic carbocycles. The number of aliphatic hydroxyl groups excluding tert-OH is 1. The molecule has 146 valence electrons. The molecule has 11 heteroatoms. The topological polar surface area (TPSA) is 104 Å². The van der Waals surface area contributed by atoms with Crippen LogP contribution in [-0.4, -0.2) is 88.1 Å². The highest BCUT2D eigenvalue weighted by Crippen LogP contribution is 2.29. The molecule has 0 radical (unpaired) electrons. The molecule has 0 amide bonds. The molecule has 0 bridgehead atoms. The summed E-state index contributed by atoms with van der Waals surface area (Å²) in [6.45, 7) is 1.16. The van der Waals surface area contributed by atoms with Gasteiger partial charge in [0.05, 0.1) is 40.7 Å². The Morgan fingerprint density at radius 1 is 1.19 bits per heavy atom. The van der Waals surface area contributed by atoms with Gasteiger partial charge in [0.25, 0.3) is 0 Å². The quantitative estimate of drug-likeness (QED) is 0.714. The lowest BCUT2D eigenvalue weighted by molar-refractivity contribution is 0.0618. The van der Waals surface area contributed by atoms with E-state index in [0.717, 1.165) is 0 Å². The van der Waals surface area contributed by atoms with Crippen molar-refractivity contribution in [1.29, 1.82) is 0 Å². The zero-order chi connectivity index (χ0) is 19.1. The first-order valence-electron chi connectivity index (χ1n) is 8.10. The smallest absolute Gasteiger partial charge is 0.243 e. The summed E-state index contributed by atoms with van der Waals surface area (Å²) in [5.74, 6) is 0.0714. The van der Waals surface area contributed by atoms with Crippen LogP contribution in [0.2, 0.25) is 5.02 Å². The Labute approximate surface area is 158 Å². The van der Waals surface area contributed by atoms with Crippen molar-refractivity contribution < 1.29 is 26.7 Å². The fourth-order valence-electron chi connectivity index (χ4n) is 3.39. The van der Waals surface area contributed by atoms with Crippen molar-refractivity contribution in [3.63, 3.8) is 0 Å². The summed E-state index contributed by atoms with van der Waals surface area (Å²) in [4.78, 5) is 1.93. The van der Waals surface area contributed by atoms with Crippen LogP contribution in [-0.2, 0) is 19.9 Å². The average molecular weight is 425 g/mol. The highest BCUT2D eigenvalue weighted by Gasteiger charge is 2.41. The maximum absolute atomic E-state index is 12.8. The Balaban J connectivity index is 1.70. The second-order valence-electron chi connectivity index (χ2n) is 6.45. The van der Waals surface area contributed by atoms with Gasteiger partial charge in [-0.1, -0.05) is 11.6 Å². The SMILES string of the molecule is COc1ccc(S(=O)(=O)N2CCN([C@@H]3CS(=O)(=O)C[C@@H]3O)CC2)cc1Cl. The third-order valence-electron chi connectivity index (χ3n) is 4.80. The van der Waals surface area contributed by atoms with Gasteiger partial charge in [-0.2, -0.15) is 4.31 Å². The van der Waals surface area contributed by atoms with Gasteiger partial charge in [0.2, 0.25) is 10.0 Å². The second-order valence-corrected chi connectivity index (χ2v) is 10.9. The predicted octanol–water partition coefficient (Wildman–Crippen LogP) is -0.187. The lowest BCUT2D eigenvalue weighted by Crippen LogP contribution is -2.54. The summed E-state index contributed by atoms with van der Waals surface area (Å²) in [5, 5.41) is 10.2. The fourth-order valence-corrected chi connectivity index (χ4v) is 6.99. The molecule has 0 unspecified atom stereocenters. The minimum absolute atomic E-state index is 0.0835. The Morgan fingerprint density at radius 2 is 1.85 bits per heavy atom. The van der Waals surface area contributed by atoms with Crippen molar-refractivity contribution in [2.45, 2.75) is 17.0 Å². The minimum atomic E-state index is -3.71. The number of ether oxygens (including phenoxy) is 1. The molecule has 26 heavy (non-hydrogen) atoms. The summed E-state index contributed by atoms with van der Waals surface area (Å²) in [5.41, 5.74) is 0. The zero-order valence-electron chi connectivity index (χ0n) is 14.2. The molecule has 8 nitrogen and oxygen atoms in total. The molecule has 0 saturated carbocycles. The van der Waals surface area contributed by atoms with Crippen LogP contribution in [0.5, 0.6) is 5.75 Å². The summed E-state index contributed by atoms with van der Waals surface area (Å²) in [7, 11) is -5.50. The highest BCUT2D eigenvalue weighted by atomic mass is 35.5. The van der Waals surface area contributed by atoms with Gasteiger partial charge in [-0.25, -0.2) is 16.8 Å². The summed E-state index contributed by atoms with van der Waals surface area (Å²) >= 11 is 6.03. The lowest BCUT2D eigenvalue weighted by Gasteiger charge is -2.37. The van der Waals surface area contributed by atoms with Crippen LogP contribution in [0, 0.1) is 0 Å². The maximum atomic E-state index is 12.8. The molecule has 2 aliphatic rings. The molecule has 2 fully saturated rings. The third-order valence-corrected chi connectivity index (χ3v) is 8.69. The minimum Gasteiger partial charge on any atom is -0.495 e. The van der Waals surface area contributed by atoms with Crippen LogP contribution in [0.25, 0.3) is 0 Å². The molecule has 2 saturated heterocycles. The average Bonchev–Trinajstić information content (AvgIpc) is 2.87. The molecule has 0 spiro atoms. The molecular formula is C15H21ClN2O6S2. The Kier molecular flexibility index (Phi) is 5.53. The van der Waals surface area contributed by atoms with Gasteiger partial charge in [0.1, 0.15) is 5.75 Å². The number of benzene rings is 1. The summed E-state index contributed by atoms with van der Waals surface area (Å²) in [6, 6.07) is 3.83. The first-order valence-corrected chi connectivity index (χ1v) is 11.7. The van der Waals surface area contributed by atoms with Crippen LogP contribution < -0.4 is 4.74 Å². The number of methoxy groups -OCH3 is 1. The number of sulfone groups is 1. The van der Waals surface area contributed by atoms with Crippen molar-refractivity contribution in [3.05, 3.63) is 23.2 Å². The van der Waals surface area contributed by atoms with E-state index in [1.54, 1.807) is 0 Å². The number of hydrogen-bond donors (Lipinski definition) is 1. The van der Waals surface area contributed by atoms with Gasteiger partial charge < -0.3 is 9.84 Å². The number of aliphatic hydroxyl groups is 1. The molecule has 1 aromatic carbocycles. The van der Waals surface area contributed by atoms with Crippen molar-refractivity contribution >= 4 is 31.5 Å². The van der Waals surface area contributed by atoms with E-state index < -0.39 is 32.0 Å². The number of hydrogen-bond acceptors (Lipinski definition) is 7. The van der Waals surface area contributed by atoms with E-state index >= 15 is 0 Å². The van der Waals surface area contributed by atoms with Gasteiger partial charge in [0, 0.05) is 26.2 Å². The summed E-state index contributed by atoms with van der Waals surface area (Å²) < 4.78 is 55.3. The van der Waals surface area contributed by atoms with E-state index in [4.69, 9.17) is 16.3 Å². The van der Waals surface area contributed by atoms with E-state index in [9.17, 15) is 21.9 Å². The normalized spacial score (nSPS) is 27.5. The van der Waals surface area contributed by atoms with Crippen molar-refractivity contribution in [1.82, 2.24) is 9.21 Å². The van der Waals surface area contributed by atoms with Crippen LogP contribution in [0.15, 0.2) is 23.1 Å². The largest absolute Gasteiger partial charge is 0.495 e. The van der Waals surface area contributed by atoms with Gasteiger partial charge in [-0.15, -0.1) is 0 Å². The first-order chi connectivity index (χ1) is 12.1. The zero-order valence-corrected chi connectivity index (χ0v) is 16.6. The monoisotopic (exact) mass is 424 g/mol. The van der Waals surface area contributed by atoms with E-state index in [1.165, 1.54) is 29.6 Å². The van der Waals surface area contributed by atoms with E-state index in [0.29, 0.717) is 18.8 Å². The van der Waals surface area contributed by atoms with E-state index in [1.807, 2.05) is 4.90 Å². The van der Waals surface area contributed by atoms with Crippen molar-refractivity contribution in [3.8, 4) is 5.75 Å². The lowest BCUT2D eigenvalue weighted by atomic mass is 10.1. The van der Waals surface area contributed by atoms with Gasteiger partial charge in [-0.05, 0) is 18.2 Å². The fraction of sp³-hybridized carbons (Fsp3) is 0.600. The van der Waals surface area contributed by atoms with Crippen molar-refractivity contribution in [2.75, 3.05) is 44.8 Å². The molecule has 2 heterocycles. The van der Waals surface area contributed by atoms with E-state index in [2.05, 4.69) is 0 Å². The molecule has 2 aliphatic heterocycles. The molecular weight excluding hydrogens is 404 g/mol. The molecule has 3 rings (SSSR count). The van der Waals surface area contributed by atoms with Crippen LogP contribution in [0.1, 0.15) is 0 Å². The van der Waals surface area contributed by atoms with Gasteiger partial charge in [0.15, 0.2) is 9.84 Å². The number of nitrogens with zero attached hydrogens (tertiary/aromatic N) is 2. The van der Waals surface area contributed by atoms with Crippen LogP contribution in [0.3, 0.4) is 0 Å². The first kappa shape index (κ1) is 19.8. The number of rotatable bonds is 4. The van der Waals surface area contributed by atoms with Gasteiger partial charge >= 0.3 is 0 Å². The number of sulfonamides is 1. The van der Waals surface area contributed by atoms with Crippen LogP contribution in [0.4, 0.5) is 0 Å². The van der Waals surface area contributed by atoms with Gasteiger partial charge in [-0.3, -0.25) is 4.90 Å². The Bertz CT molecular complexity index is 881. The highest BCUT2D eigenvalue weighted by molar-refractivity contribution is 7.91. The second kappa shape index (κ2) is 7.25. The number of halogens is 1. The molecule has 1 N–H and O–H groups in total. The predicted molar refractivity (Wildman–Crippen MR) is 96.8 cm³/mol. The third kappa shape index (κ3) is 3.85. The van der Waals surface area contributed by atoms with Crippen molar-refractivity contribution in [2.24, 2.45) is 0 Å². The summed E-state index contributed by atoms with van der Waals surface area (Å²) in [6.07, 6.45) is -0.927.